The maximum Gasteiger partial charge on any atom is 0.0675 e. The van der Waals surface area contributed by atoms with Gasteiger partial charge in [0.05, 0.1) is 11.7 Å². The molecule has 0 aromatic heterocycles. The third kappa shape index (κ3) is 2.06. The fourth-order valence-corrected chi connectivity index (χ4v) is 7.86. The normalized spacial score (nSPS) is 62.3. The van der Waals surface area contributed by atoms with Gasteiger partial charge in [-0.1, -0.05) is 20.8 Å². The van der Waals surface area contributed by atoms with E-state index in [1.165, 1.54) is 32.1 Å². The lowest BCUT2D eigenvalue weighted by atomic mass is 9.42. The molecule has 0 aliphatic heterocycles. The van der Waals surface area contributed by atoms with Crippen LogP contribution in [0.5, 0.6) is 0 Å². The summed E-state index contributed by atoms with van der Waals surface area (Å²) in [6.07, 6.45) is 9.19. The zero-order valence-electron chi connectivity index (χ0n) is 15.5. The van der Waals surface area contributed by atoms with Gasteiger partial charge in [0.2, 0.25) is 0 Å². The average molecular weight is 321 g/mol. The van der Waals surface area contributed by atoms with Crippen molar-refractivity contribution < 1.29 is 10.2 Å². The van der Waals surface area contributed by atoms with Gasteiger partial charge in [0, 0.05) is 0 Å². The Morgan fingerprint density at radius 1 is 0.870 bits per heavy atom. The minimum absolute atomic E-state index is 0.0575. The molecule has 2 heteroatoms. The van der Waals surface area contributed by atoms with Crippen molar-refractivity contribution in [2.45, 2.75) is 90.8 Å². The molecule has 4 aliphatic rings. The summed E-state index contributed by atoms with van der Waals surface area (Å²) in [4.78, 5) is 0. The largest absolute Gasteiger partial charge is 0.393 e. The van der Waals surface area contributed by atoms with E-state index >= 15 is 0 Å². The van der Waals surface area contributed by atoms with E-state index in [9.17, 15) is 10.2 Å². The number of aliphatic hydroxyl groups is 2. The molecule has 4 fully saturated rings. The van der Waals surface area contributed by atoms with Crippen LogP contribution in [0.25, 0.3) is 0 Å². The Morgan fingerprint density at radius 2 is 1.57 bits per heavy atom. The summed E-state index contributed by atoms with van der Waals surface area (Å²) >= 11 is 0. The predicted octanol–water partition coefficient (Wildman–Crippen LogP) is 4.39. The summed E-state index contributed by atoms with van der Waals surface area (Å²) in [5, 5.41) is 21.2. The van der Waals surface area contributed by atoms with Crippen LogP contribution < -0.4 is 0 Å². The van der Waals surface area contributed by atoms with Crippen LogP contribution in [0, 0.1) is 40.4 Å². The molecule has 23 heavy (non-hydrogen) atoms. The summed E-state index contributed by atoms with van der Waals surface area (Å²) in [5.41, 5.74) is 0.0921. The zero-order valence-corrected chi connectivity index (χ0v) is 15.5. The summed E-state index contributed by atoms with van der Waals surface area (Å²) in [7, 11) is 0. The third-order valence-corrected chi connectivity index (χ3v) is 9.56. The number of aliphatic hydroxyl groups excluding tert-OH is 1. The lowest BCUT2D eigenvalue weighted by molar-refractivity contribution is -0.169. The molecule has 0 saturated heterocycles. The molecule has 4 aliphatic carbocycles. The van der Waals surface area contributed by atoms with E-state index in [2.05, 4.69) is 27.7 Å². The molecule has 0 heterocycles. The minimum Gasteiger partial charge on any atom is -0.393 e. The van der Waals surface area contributed by atoms with Crippen LogP contribution in [0.3, 0.4) is 0 Å². The number of hydrogen-bond acceptors (Lipinski definition) is 2. The second-order valence-corrected chi connectivity index (χ2v) is 10.4. The van der Waals surface area contributed by atoms with Gasteiger partial charge < -0.3 is 10.2 Å². The van der Waals surface area contributed by atoms with Crippen molar-refractivity contribution in [3.8, 4) is 0 Å². The molecule has 2 nitrogen and oxygen atoms in total. The molecule has 132 valence electrons. The minimum atomic E-state index is -0.469. The van der Waals surface area contributed by atoms with Crippen LogP contribution in [-0.2, 0) is 0 Å². The van der Waals surface area contributed by atoms with Gasteiger partial charge in [-0.2, -0.15) is 0 Å². The molecule has 0 radical (unpaired) electrons. The Hall–Kier alpha value is -0.0800. The smallest absolute Gasteiger partial charge is 0.0675 e. The Labute approximate surface area is 142 Å². The van der Waals surface area contributed by atoms with Crippen LogP contribution >= 0.6 is 0 Å². The lowest BCUT2D eigenvalue weighted by Crippen LogP contribution is -2.58. The van der Waals surface area contributed by atoms with Crippen LogP contribution in [-0.4, -0.2) is 21.9 Å². The highest BCUT2D eigenvalue weighted by molar-refractivity contribution is 5.13. The molecule has 4 saturated carbocycles. The van der Waals surface area contributed by atoms with E-state index in [4.69, 9.17) is 0 Å². The van der Waals surface area contributed by atoms with Crippen LogP contribution in [0.2, 0.25) is 0 Å². The molecule has 4 rings (SSSR count). The summed E-state index contributed by atoms with van der Waals surface area (Å²) in [6, 6.07) is 0. The maximum atomic E-state index is 11.0. The van der Waals surface area contributed by atoms with Crippen LogP contribution in [0.4, 0.5) is 0 Å². The quantitative estimate of drug-likeness (QED) is 0.695. The second kappa shape index (κ2) is 4.97. The van der Waals surface area contributed by atoms with E-state index in [1.807, 2.05) is 0 Å². The van der Waals surface area contributed by atoms with Gasteiger partial charge in [0.1, 0.15) is 0 Å². The molecule has 0 spiro atoms. The molecule has 0 aromatic carbocycles. The van der Waals surface area contributed by atoms with Gasteiger partial charge >= 0.3 is 0 Å². The van der Waals surface area contributed by atoms with Crippen molar-refractivity contribution >= 4 is 0 Å². The Morgan fingerprint density at radius 3 is 2.30 bits per heavy atom. The van der Waals surface area contributed by atoms with Crippen molar-refractivity contribution in [3.63, 3.8) is 0 Å². The SMILES string of the molecule is CC1C[C@@H]2C[C@H](O)CCC2(C)C2CCC3(C)C(CC[C@@]3(C)O)C12. The Kier molecular flexibility index (Phi) is 3.54. The fourth-order valence-electron chi connectivity index (χ4n) is 7.86. The monoisotopic (exact) mass is 320 g/mol. The molecular formula is C21H36O2. The Bertz CT molecular complexity index is 486. The van der Waals surface area contributed by atoms with Gasteiger partial charge in [-0.05, 0) is 98.7 Å². The lowest BCUT2D eigenvalue weighted by Gasteiger charge is -2.63. The first-order valence-corrected chi connectivity index (χ1v) is 10.1. The van der Waals surface area contributed by atoms with E-state index in [1.54, 1.807) is 0 Å². The number of fused-ring (bicyclic) bond motifs is 5. The summed E-state index contributed by atoms with van der Waals surface area (Å²) in [6.45, 7) is 9.49. The van der Waals surface area contributed by atoms with Gasteiger partial charge in [-0.15, -0.1) is 0 Å². The van der Waals surface area contributed by atoms with E-state index in [-0.39, 0.29) is 11.5 Å². The number of hydrogen-bond donors (Lipinski definition) is 2. The maximum absolute atomic E-state index is 11.0. The number of rotatable bonds is 0. The highest BCUT2D eigenvalue weighted by atomic mass is 16.3. The van der Waals surface area contributed by atoms with Gasteiger partial charge in [0.15, 0.2) is 0 Å². The fraction of sp³-hybridized carbons (Fsp3) is 1.00. The first-order valence-electron chi connectivity index (χ1n) is 10.1. The van der Waals surface area contributed by atoms with Gasteiger partial charge in [-0.3, -0.25) is 0 Å². The predicted molar refractivity (Wildman–Crippen MR) is 92.9 cm³/mol. The summed E-state index contributed by atoms with van der Waals surface area (Å²) in [5.74, 6) is 3.78. The molecule has 0 amide bonds. The molecule has 9 atom stereocenters. The molecule has 2 N–H and O–H groups in total. The van der Waals surface area contributed by atoms with Crippen LogP contribution in [0.15, 0.2) is 0 Å². The topological polar surface area (TPSA) is 40.5 Å². The van der Waals surface area contributed by atoms with Crippen LogP contribution in [0.1, 0.15) is 79.1 Å². The molecule has 0 bridgehead atoms. The van der Waals surface area contributed by atoms with E-state index < -0.39 is 5.60 Å². The molecule has 6 unspecified atom stereocenters. The van der Waals surface area contributed by atoms with Crippen molar-refractivity contribution in [2.24, 2.45) is 40.4 Å². The first-order chi connectivity index (χ1) is 10.7. The molecule has 0 aromatic rings. The second-order valence-electron chi connectivity index (χ2n) is 10.4. The highest BCUT2D eigenvalue weighted by Gasteiger charge is 2.64. The van der Waals surface area contributed by atoms with Crippen molar-refractivity contribution in [3.05, 3.63) is 0 Å². The standard InChI is InChI=1S/C21H36O2/c1-13-11-14-12-15(22)5-8-19(14,2)16-6-9-20(3)17(18(13)16)7-10-21(20,4)23/h13-18,22-23H,5-12H2,1-4H3/t13?,14-,15-,16?,17?,18?,19?,20?,21-/m1/s1. The van der Waals surface area contributed by atoms with E-state index in [0.29, 0.717) is 17.3 Å². The van der Waals surface area contributed by atoms with Crippen molar-refractivity contribution in [2.75, 3.05) is 0 Å². The van der Waals surface area contributed by atoms with Gasteiger partial charge in [0.25, 0.3) is 0 Å². The van der Waals surface area contributed by atoms with E-state index in [0.717, 1.165) is 37.0 Å². The highest BCUT2D eigenvalue weighted by Crippen LogP contribution is 2.69. The van der Waals surface area contributed by atoms with Gasteiger partial charge in [-0.25, -0.2) is 0 Å². The average Bonchev–Trinajstić information content (AvgIpc) is 2.72. The third-order valence-electron chi connectivity index (χ3n) is 9.56. The molecular weight excluding hydrogens is 284 g/mol. The Balaban J connectivity index is 1.68. The summed E-state index contributed by atoms with van der Waals surface area (Å²) < 4.78 is 0. The van der Waals surface area contributed by atoms with Crippen molar-refractivity contribution in [1.82, 2.24) is 0 Å². The zero-order chi connectivity index (χ0) is 16.6. The first kappa shape index (κ1) is 16.4. The van der Waals surface area contributed by atoms with Crippen molar-refractivity contribution in [1.29, 1.82) is 0 Å².